The van der Waals surface area contributed by atoms with E-state index < -0.39 is 0 Å². The number of imidazole rings is 1. The lowest BCUT2D eigenvalue weighted by molar-refractivity contribution is -0.131. The van der Waals surface area contributed by atoms with Gasteiger partial charge in [0.15, 0.2) is 0 Å². The first-order chi connectivity index (χ1) is 7.22. The standard InChI is InChI=1S/C11H19N3O/c1-4-10-12-7-8-14(10)9-11(15)13(5-2)6-3/h7-8H,4-6,9H2,1-3H3. The molecule has 0 saturated carbocycles. The van der Waals surface area contributed by atoms with E-state index in [1.54, 1.807) is 6.20 Å². The Morgan fingerprint density at radius 2 is 2.07 bits per heavy atom. The van der Waals surface area contributed by atoms with Crippen LogP contribution in [0.15, 0.2) is 12.4 Å². The molecule has 4 nitrogen and oxygen atoms in total. The molecule has 0 fully saturated rings. The zero-order chi connectivity index (χ0) is 11.3. The average molecular weight is 209 g/mol. The number of likely N-dealkylation sites (N-methyl/N-ethyl adjacent to an activating group) is 1. The van der Waals surface area contributed by atoms with Gasteiger partial charge in [-0.1, -0.05) is 6.92 Å². The van der Waals surface area contributed by atoms with E-state index in [0.29, 0.717) is 6.54 Å². The summed E-state index contributed by atoms with van der Waals surface area (Å²) in [6.07, 6.45) is 4.47. The van der Waals surface area contributed by atoms with Gasteiger partial charge in [-0.15, -0.1) is 0 Å². The summed E-state index contributed by atoms with van der Waals surface area (Å²) >= 11 is 0. The highest BCUT2D eigenvalue weighted by Gasteiger charge is 2.11. The SMILES string of the molecule is CCc1nccn1CC(=O)N(CC)CC. The van der Waals surface area contributed by atoms with Crippen molar-refractivity contribution in [1.29, 1.82) is 0 Å². The molecule has 1 aromatic rings. The minimum atomic E-state index is 0.160. The van der Waals surface area contributed by atoms with Gasteiger partial charge in [0.2, 0.25) is 5.91 Å². The van der Waals surface area contributed by atoms with Crippen LogP contribution >= 0.6 is 0 Å². The summed E-state index contributed by atoms with van der Waals surface area (Å²) in [5.74, 6) is 1.13. The number of carbonyl (C=O) groups is 1. The molecule has 1 rings (SSSR count). The van der Waals surface area contributed by atoms with Gasteiger partial charge in [0.05, 0.1) is 0 Å². The summed E-state index contributed by atoms with van der Waals surface area (Å²) in [6, 6.07) is 0. The first-order valence-electron chi connectivity index (χ1n) is 5.50. The summed E-state index contributed by atoms with van der Waals surface area (Å²) in [4.78, 5) is 17.8. The van der Waals surface area contributed by atoms with Crippen LogP contribution in [0.3, 0.4) is 0 Å². The van der Waals surface area contributed by atoms with E-state index in [4.69, 9.17) is 0 Å². The molecule has 0 spiro atoms. The van der Waals surface area contributed by atoms with E-state index in [0.717, 1.165) is 25.3 Å². The summed E-state index contributed by atoms with van der Waals surface area (Å²) in [5, 5.41) is 0. The molecule has 0 unspecified atom stereocenters. The van der Waals surface area contributed by atoms with Crippen LogP contribution in [-0.4, -0.2) is 33.4 Å². The summed E-state index contributed by atoms with van der Waals surface area (Å²) < 4.78 is 1.92. The van der Waals surface area contributed by atoms with Crippen molar-refractivity contribution in [2.45, 2.75) is 33.7 Å². The van der Waals surface area contributed by atoms with Crippen molar-refractivity contribution in [2.75, 3.05) is 13.1 Å². The number of amides is 1. The van der Waals surface area contributed by atoms with Gasteiger partial charge in [0.25, 0.3) is 0 Å². The van der Waals surface area contributed by atoms with Crippen LogP contribution in [-0.2, 0) is 17.8 Å². The van der Waals surface area contributed by atoms with Gasteiger partial charge >= 0.3 is 0 Å². The van der Waals surface area contributed by atoms with E-state index in [2.05, 4.69) is 4.98 Å². The van der Waals surface area contributed by atoms with Crippen molar-refractivity contribution < 1.29 is 4.79 Å². The molecule has 0 saturated heterocycles. The Hall–Kier alpha value is -1.32. The van der Waals surface area contributed by atoms with Crippen LogP contribution in [0.5, 0.6) is 0 Å². The maximum Gasteiger partial charge on any atom is 0.242 e. The molecule has 0 radical (unpaired) electrons. The quantitative estimate of drug-likeness (QED) is 0.733. The van der Waals surface area contributed by atoms with Gasteiger partial charge in [-0.3, -0.25) is 4.79 Å². The number of hydrogen-bond donors (Lipinski definition) is 0. The zero-order valence-corrected chi connectivity index (χ0v) is 9.73. The lowest BCUT2D eigenvalue weighted by Gasteiger charge is -2.19. The van der Waals surface area contributed by atoms with Crippen LogP contribution < -0.4 is 0 Å². The molecule has 0 aromatic carbocycles. The van der Waals surface area contributed by atoms with Crippen LogP contribution in [0.2, 0.25) is 0 Å². The third-order valence-electron chi connectivity index (χ3n) is 2.54. The van der Waals surface area contributed by atoms with Crippen molar-refractivity contribution in [2.24, 2.45) is 0 Å². The normalized spacial score (nSPS) is 10.3. The highest BCUT2D eigenvalue weighted by atomic mass is 16.2. The monoisotopic (exact) mass is 209 g/mol. The Balaban J connectivity index is 2.65. The molecule has 15 heavy (non-hydrogen) atoms. The van der Waals surface area contributed by atoms with Crippen LogP contribution in [0.25, 0.3) is 0 Å². The number of nitrogens with zero attached hydrogens (tertiary/aromatic N) is 3. The smallest absolute Gasteiger partial charge is 0.242 e. The molecule has 4 heteroatoms. The van der Waals surface area contributed by atoms with Crippen LogP contribution in [0.1, 0.15) is 26.6 Å². The van der Waals surface area contributed by atoms with Gasteiger partial charge in [-0.2, -0.15) is 0 Å². The fraction of sp³-hybridized carbons (Fsp3) is 0.636. The summed E-state index contributed by atoms with van der Waals surface area (Å²) in [6.45, 7) is 7.98. The van der Waals surface area contributed by atoms with Crippen LogP contribution in [0.4, 0.5) is 0 Å². The van der Waals surface area contributed by atoms with E-state index in [-0.39, 0.29) is 5.91 Å². The predicted octanol–water partition coefficient (Wildman–Crippen LogP) is 1.31. The lowest BCUT2D eigenvalue weighted by atomic mass is 10.4. The minimum Gasteiger partial charge on any atom is -0.342 e. The maximum atomic E-state index is 11.8. The Labute approximate surface area is 90.9 Å². The van der Waals surface area contributed by atoms with Gasteiger partial charge in [0.1, 0.15) is 12.4 Å². The van der Waals surface area contributed by atoms with Crippen molar-refractivity contribution in [3.8, 4) is 0 Å². The van der Waals surface area contributed by atoms with Gasteiger partial charge in [-0.25, -0.2) is 4.98 Å². The topological polar surface area (TPSA) is 38.1 Å². The minimum absolute atomic E-state index is 0.160. The molecule has 84 valence electrons. The lowest BCUT2D eigenvalue weighted by Crippen LogP contribution is -2.33. The molecule has 0 atom stereocenters. The van der Waals surface area contributed by atoms with Gasteiger partial charge < -0.3 is 9.47 Å². The second kappa shape index (κ2) is 5.53. The fourth-order valence-electron chi connectivity index (χ4n) is 1.62. The number of hydrogen-bond acceptors (Lipinski definition) is 2. The highest BCUT2D eigenvalue weighted by Crippen LogP contribution is 2.00. The van der Waals surface area contributed by atoms with Crippen molar-refractivity contribution in [3.63, 3.8) is 0 Å². The third-order valence-corrected chi connectivity index (χ3v) is 2.54. The average Bonchev–Trinajstić information content (AvgIpc) is 2.67. The van der Waals surface area contributed by atoms with Gasteiger partial charge in [-0.05, 0) is 13.8 Å². The van der Waals surface area contributed by atoms with E-state index in [1.165, 1.54) is 0 Å². The number of aryl methyl sites for hydroxylation is 1. The molecule has 1 heterocycles. The van der Waals surface area contributed by atoms with Crippen molar-refractivity contribution in [3.05, 3.63) is 18.2 Å². The molecule has 1 amide bonds. The number of aromatic nitrogens is 2. The summed E-state index contributed by atoms with van der Waals surface area (Å²) in [5.41, 5.74) is 0. The molecule has 0 aliphatic rings. The van der Waals surface area contributed by atoms with Crippen LogP contribution in [0, 0.1) is 0 Å². The number of carbonyl (C=O) groups excluding carboxylic acids is 1. The second-order valence-corrected chi connectivity index (χ2v) is 3.39. The fourth-order valence-corrected chi connectivity index (χ4v) is 1.62. The summed E-state index contributed by atoms with van der Waals surface area (Å²) in [7, 11) is 0. The Kier molecular flexibility index (Phi) is 4.34. The molecular weight excluding hydrogens is 190 g/mol. The number of rotatable bonds is 5. The first kappa shape index (κ1) is 11.8. The maximum absolute atomic E-state index is 11.8. The van der Waals surface area contributed by atoms with E-state index >= 15 is 0 Å². The largest absolute Gasteiger partial charge is 0.342 e. The van der Waals surface area contributed by atoms with Crippen molar-refractivity contribution >= 4 is 5.91 Å². The highest BCUT2D eigenvalue weighted by molar-refractivity contribution is 5.75. The molecular formula is C11H19N3O. The Bertz CT molecular complexity index is 315. The van der Waals surface area contributed by atoms with E-state index in [9.17, 15) is 4.79 Å². The van der Waals surface area contributed by atoms with E-state index in [1.807, 2.05) is 36.4 Å². The predicted molar refractivity (Wildman–Crippen MR) is 59.5 cm³/mol. The molecule has 0 N–H and O–H groups in total. The molecule has 0 aliphatic heterocycles. The Morgan fingerprint density at radius 1 is 1.40 bits per heavy atom. The zero-order valence-electron chi connectivity index (χ0n) is 9.73. The molecule has 0 bridgehead atoms. The second-order valence-electron chi connectivity index (χ2n) is 3.39. The van der Waals surface area contributed by atoms with Crippen molar-refractivity contribution in [1.82, 2.24) is 14.5 Å². The first-order valence-corrected chi connectivity index (χ1v) is 5.50. The Morgan fingerprint density at radius 3 is 2.60 bits per heavy atom. The third kappa shape index (κ3) is 2.81. The molecule has 0 aliphatic carbocycles. The van der Waals surface area contributed by atoms with Gasteiger partial charge in [0, 0.05) is 31.9 Å². The molecule has 1 aromatic heterocycles.